The van der Waals surface area contributed by atoms with Crippen molar-refractivity contribution in [2.75, 3.05) is 0 Å². The molecule has 1 aromatic heterocycles. The highest BCUT2D eigenvalue weighted by atomic mass is 16.3. The SMILES string of the molecule is [CH2]C(O)c1cccnc1. The Bertz CT molecular complexity index is 172. The molecule has 2 nitrogen and oxygen atoms in total. The minimum atomic E-state index is -0.654. The molecule has 0 bridgehead atoms. The minimum absolute atomic E-state index is 0.654. The first kappa shape index (κ1) is 6.23. The molecule has 1 aromatic rings. The molecule has 0 amide bonds. The largest absolute Gasteiger partial charge is 0.388 e. The monoisotopic (exact) mass is 122 g/mol. The van der Waals surface area contributed by atoms with Crippen LogP contribution in [0, 0.1) is 6.92 Å². The van der Waals surface area contributed by atoms with Gasteiger partial charge in [-0.3, -0.25) is 4.98 Å². The third-order valence-electron chi connectivity index (χ3n) is 1.07. The van der Waals surface area contributed by atoms with Gasteiger partial charge in [0.15, 0.2) is 0 Å². The number of rotatable bonds is 1. The maximum absolute atomic E-state index is 8.87. The maximum Gasteiger partial charge on any atom is 0.0806 e. The second-order valence-electron chi connectivity index (χ2n) is 1.80. The molecular formula is C7H8NO. The summed E-state index contributed by atoms with van der Waals surface area (Å²) in [7, 11) is 0. The third-order valence-corrected chi connectivity index (χ3v) is 1.07. The van der Waals surface area contributed by atoms with Crippen LogP contribution in [0.2, 0.25) is 0 Å². The second kappa shape index (κ2) is 2.60. The van der Waals surface area contributed by atoms with Crippen molar-refractivity contribution >= 4 is 0 Å². The van der Waals surface area contributed by atoms with Crippen LogP contribution in [0.25, 0.3) is 0 Å². The summed E-state index contributed by atoms with van der Waals surface area (Å²) in [5.41, 5.74) is 0.748. The molecule has 0 aliphatic carbocycles. The van der Waals surface area contributed by atoms with Crippen molar-refractivity contribution in [2.24, 2.45) is 0 Å². The summed E-state index contributed by atoms with van der Waals surface area (Å²) in [5, 5.41) is 8.87. The molecule has 0 aliphatic heterocycles. The third kappa shape index (κ3) is 1.50. The highest BCUT2D eigenvalue weighted by Gasteiger charge is 1.96. The Kier molecular flexibility index (Phi) is 1.80. The normalized spacial score (nSPS) is 13.1. The average molecular weight is 122 g/mol. The fraction of sp³-hybridized carbons (Fsp3) is 0.143. The first-order chi connectivity index (χ1) is 4.30. The molecule has 1 heterocycles. The molecule has 0 spiro atoms. The summed E-state index contributed by atoms with van der Waals surface area (Å²) in [5.74, 6) is 0. The van der Waals surface area contributed by atoms with Crippen LogP contribution in [0.1, 0.15) is 11.7 Å². The van der Waals surface area contributed by atoms with Crippen molar-refractivity contribution < 1.29 is 5.11 Å². The van der Waals surface area contributed by atoms with Gasteiger partial charge in [0.05, 0.1) is 6.10 Å². The van der Waals surface area contributed by atoms with Crippen molar-refractivity contribution in [1.82, 2.24) is 4.98 Å². The Balaban J connectivity index is 2.85. The zero-order valence-electron chi connectivity index (χ0n) is 4.99. The maximum atomic E-state index is 8.87. The summed E-state index contributed by atoms with van der Waals surface area (Å²) in [4.78, 5) is 3.81. The van der Waals surface area contributed by atoms with Crippen molar-refractivity contribution in [1.29, 1.82) is 0 Å². The standard InChI is InChI=1S/C7H8NO/c1-6(9)7-3-2-4-8-5-7/h2-6,9H,1H2. The molecule has 1 rings (SSSR count). The van der Waals surface area contributed by atoms with Gasteiger partial charge in [-0.25, -0.2) is 0 Å². The first-order valence-electron chi connectivity index (χ1n) is 2.72. The lowest BCUT2D eigenvalue weighted by atomic mass is 10.2. The van der Waals surface area contributed by atoms with Gasteiger partial charge < -0.3 is 5.11 Å². The van der Waals surface area contributed by atoms with Crippen LogP contribution in [0.15, 0.2) is 24.5 Å². The number of aliphatic hydroxyl groups excluding tert-OH is 1. The van der Waals surface area contributed by atoms with Crippen molar-refractivity contribution in [2.45, 2.75) is 6.10 Å². The van der Waals surface area contributed by atoms with Gasteiger partial charge in [-0.2, -0.15) is 0 Å². The van der Waals surface area contributed by atoms with E-state index in [1.165, 1.54) is 0 Å². The van der Waals surface area contributed by atoms with E-state index >= 15 is 0 Å². The Morgan fingerprint density at radius 1 is 1.67 bits per heavy atom. The second-order valence-corrected chi connectivity index (χ2v) is 1.80. The topological polar surface area (TPSA) is 33.1 Å². The van der Waals surface area contributed by atoms with Crippen molar-refractivity contribution in [3.05, 3.63) is 37.0 Å². The highest BCUT2D eigenvalue weighted by molar-refractivity contribution is 5.12. The molecule has 0 aromatic carbocycles. The molecule has 0 fully saturated rings. The Morgan fingerprint density at radius 3 is 2.78 bits per heavy atom. The van der Waals surface area contributed by atoms with E-state index in [-0.39, 0.29) is 0 Å². The quantitative estimate of drug-likeness (QED) is 0.601. The van der Waals surface area contributed by atoms with Crippen LogP contribution in [0.4, 0.5) is 0 Å². The number of aromatic nitrogens is 1. The van der Waals surface area contributed by atoms with Gasteiger partial charge in [0.2, 0.25) is 0 Å². The molecule has 0 saturated heterocycles. The van der Waals surface area contributed by atoms with Crippen LogP contribution < -0.4 is 0 Å². The van der Waals surface area contributed by atoms with Gasteiger partial charge in [0, 0.05) is 12.4 Å². The molecule has 47 valence electrons. The summed E-state index contributed by atoms with van der Waals surface area (Å²) < 4.78 is 0. The number of hydrogen-bond donors (Lipinski definition) is 1. The molecule has 2 heteroatoms. The van der Waals surface area contributed by atoms with Crippen LogP contribution in [0.5, 0.6) is 0 Å². The van der Waals surface area contributed by atoms with E-state index in [2.05, 4.69) is 11.9 Å². The zero-order valence-corrected chi connectivity index (χ0v) is 4.99. The molecule has 0 saturated carbocycles. The number of pyridine rings is 1. The van der Waals surface area contributed by atoms with E-state index in [4.69, 9.17) is 5.11 Å². The lowest BCUT2D eigenvalue weighted by Crippen LogP contribution is -1.90. The summed E-state index contributed by atoms with van der Waals surface area (Å²) in [6, 6.07) is 3.55. The van der Waals surface area contributed by atoms with Gasteiger partial charge in [-0.05, 0) is 18.6 Å². The summed E-state index contributed by atoms with van der Waals surface area (Å²) in [6.07, 6.45) is 2.60. The predicted octanol–water partition coefficient (Wildman–Crippen LogP) is 0.949. The minimum Gasteiger partial charge on any atom is -0.388 e. The highest BCUT2D eigenvalue weighted by Crippen LogP contribution is 2.06. The molecule has 1 radical (unpaired) electrons. The van der Waals surface area contributed by atoms with Crippen LogP contribution in [-0.4, -0.2) is 10.1 Å². The Morgan fingerprint density at radius 2 is 2.44 bits per heavy atom. The number of nitrogens with zero attached hydrogens (tertiary/aromatic N) is 1. The molecule has 0 aliphatic rings. The van der Waals surface area contributed by atoms with Crippen molar-refractivity contribution in [3.63, 3.8) is 0 Å². The van der Waals surface area contributed by atoms with Crippen LogP contribution in [-0.2, 0) is 0 Å². The summed E-state index contributed by atoms with van der Waals surface area (Å²) >= 11 is 0. The average Bonchev–Trinajstić information content (AvgIpc) is 1.90. The Labute approximate surface area is 54.2 Å². The molecule has 1 unspecified atom stereocenters. The van der Waals surface area contributed by atoms with Gasteiger partial charge in [-0.15, -0.1) is 0 Å². The smallest absolute Gasteiger partial charge is 0.0806 e. The van der Waals surface area contributed by atoms with Gasteiger partial charge >= 0.3 is 0 Å². The molecule has 1 N–H and O–H groups in total. The molecule has 9 heavy (non-hydrogen) atoms. The van der Waals surface area contributed by atoms with Gasteiger partial charge in [0.1, 0.15) is 0 Å². The first-order valence-corrected chi connectivity index (χ1v) is 2.72. The lowest BCUT2D eigenvalue weighted by Gasteiger charge is -1.99. The van der Waals surface area contributed by atoms with Crippen LogP contribution in [0.3, 0.4) is 0 Å². The molecule has 1 atom stereocenters. The fourth-order valence-electron chi connectivity index (χ4n) is 0.573. The number of aliphatic hydroxyl groups is 1. The van der Waals surface area contributed by atoms with E-state index in [0.29, 0.717) is 0 Å². The Hall–Kier alpha value is -0.890. The molecular weight excluding hydrogens is 114 g/mol. The van der Waals surface area contributed by atoms with E-state index in [9.17, 15) is 0 Å². The van der Waals surface area contributed by atoms with E-state index < -0.39 is 6.10 Å². The van der Waals surface area contributed by atoms with Crippen LogP contribution >= 0.6 is 0 Å². The van der Waals surface area contributed by atoms with E-state index in [1.54, 1.807) is 24.5 Å². The van der Waals surface area contributed by atoms with E-state index in [0.717, 1.165) is 5.56 Å². The fourth-order valence-corrected chi connectivity index (χ4v) is 0.573. The summed E-state index contributed by atoms with van der Waals surface area (Å²) in [6.45, 7) is 3.42. The zero-order chi connectivity index (χ0) is 6.69. The van der Waals surface area contributed by atoms with Gasteiger partial charge in [0.25, 0.3) is 0 Å². The van der Waals surface area contributed by atoms with Gasteiger partial charge in [-0.1, -0.05) is 6.07 Å². The lowest BCUT2D eigenvalue weighted by molar-refractivity contribution is 0.225. The predicted molar refractivity (Wildman–Crippen MR) is 34.6 cm³/mol. The number of hydrogen-bond acceptors (Lipinski definition) is 2. The van der Waals surface area contributed by atoms with E-state index in [1.807, 2.05) is 0 Å². The van der Waals surface area contributed by atoms with Crippen molar-refractivity contribution in [3.8, 4) is 0 Å².